The van der Waals surface area contributed by atoms with Crippen molar-refractivity contribution in [2.75, 3.05) is 19.6 Å². The van der Waals surface area contributed by atoms with Crippen molar-refractivity contribution in [3.05, 3.63) is 0 Å². The molecule has 0 aliphatic carbocycles. The first-order chi connectivity index (χ1) is 8.20. The average molecular weight is 256 g/mol. The molecule has 6 heteroatoms. The van der Waals surface area contributed by atoms with Gasteiger partial charge in [-0.15, -0.1) is 0 Å². The van der Waals surface area contributed by atoms with Crippen LogP contribution in [0.2, 0.25) is 0 Å². The minimum atomic E-state index is -0.840. The molecule has 0 bridgehead atoms. The van der Waals surface area contributed by atoms with Gasteiger partial charge in [0.15, 0.2) is 0 Å². The third-order valence-corrected chi connectivity index (χ3v) is 2.85. The van der Waals surface area contributed by atoms with E-state index >= 15 is 0 Å². The number of hydrogen-bond donors (Lipinski definition) is 2. The van der Waals surface area contributed by atoms with Crippen molar-refractivity contribution in [3.63, 3.8) is 0 Å². The highest BCUT2D eigenvalue weighted by atomic mass is 16.4. The van der Waals surface area contributed by atoms with Gasteiger partial charge in [-0.2, -0.15) is 0 Å². The summed E-state index contributed by atoms with van der Waals surface area (Å²) in [4.78, 5) is 35.2. The minimum Gasteiger partial charge on any atom is -0.481 e. The van der Waals surface area contributed by atoms with Crippen LogP contribution in [0.5, 0.6) is 0 Å². The Balaban J connectivity index is 2.24. The van der Waals surface area contributed by atoms with Crippen LogP contribution in [-0.2, 0) is 14.4 Å². The number of amides is 2. The molecule has 1 rings (SSSR count). The number of rotatable bonds is 4. The Morgan fingerprint density at radius 2 is 1.83 bits per heavy atom. The highest BCUT2D eigenvalue weighted by molar-refractivity contribution is 5.87. The molecule has 0 saturated carbocycles. The molecule has 1 saturated heterocycles. The molecule has 1 fully saturated rings. The van der Waals surface area contributed by atoms with Crippen molar-refractivity contribution in [1.82, 2.24) is 10.2 Å². The van der Waals surface area contributed by atoms with Gasteiger partial charge in [0.2, 0.25) is 11.8 Å². The summed E-state index contributed by atoms with van der Waals surface area (Å²) in [7, 11) is 0. The van der Waals surface area contributed by atoms with Crippen molar-refractivity contribution in [3.8, 4) is 0 Å². The number of carbonyl (C=O) groups is 3. The van der Waals surface area contributed by atoms with Gasteiger partial charge in [0.1, 0.15) is 0 Å². The Morgan fingerprint density at radius 3 is 2.28 bits per heavy atom. The average Bonchev–Trinajstić information content (AvgIpc) is 2.16. The van der Waals surface area contributed by atoms with E-state index < -0.39 is 11.4 Å². The number of hydrogen-bond acceptors (Lipinski definition) is 3. The number of nitrogens with one attached hydrogen (secondary N) is 1. The van der Waals surface area contributed by atoms with Gasteiger partial charge in [0, 0.05) is 24.4 Å². The minimum absolute atomic E-state index is 0.0180. The smallest absolute Gasteiger partial charge is 0.303 e. The first-order valence-electron chi connectivity index (χ1n) is 5.98. The summed E-state index contributed by atoms with van der Waals surface area (Å²) in [5, 5.41) is 11.2. The summed E-state index contributed by atoms with van der Waals surface area (Å²) in [6.07, 6.45) is 0.0954. The zero-order chi connectivity index (χ0) is 13.9. The largest absolute Gasteiger partial charge is 0.481 e. The number of carbonyl (C=O) groups excluding carboxylic acids is 2. The van der Waals surface area contributed by atoms with E-state index in [1.165, 1.54) is 0 Å². The van der Waals surface area contributed by atoms with Gasteiger partial charge in [0.25, 0.3) is 0 Å². The summed E-state index contributed by atoms with van der Waals surface area (Å²) in [6, 6.07) is 0. The summed E-state index contributed by atoms with van der Waals surface area (Å²) < 4.78 is 0. The predicted octanol–water partition coefficient (Wildman–Crippen LogP) is 0.0818. The Kier molecular flexibility index (Phi) is 4.32. The standard InChI is InChI=1S/C12H20N2O4/c1-12(2,3)11(18)13-5-9(15)14-6-8(7-14)4-10(16)17/h8H,4-7H2,1-3H3,(H,13,18)(H,16,17). The molecule has 0 aromatic rings. The van der Waals surface area contributed by atoms with Crippen LogP contribution in [0.15, 0.2) is 0 Å². The van der Waals surface area contributed by atoms with Gasteiger partial charge in [-0.05, 0) is 0 Å². The Hall–Kier alpha value is -1.59. The lowest BCUT2D eigenvalue weighted by Crippen LogP contribution is -2.54. The molecule has 2 N–H and O–H groups in total. The molecule has 102 valence electrons. The topological polar surface area (TPSA) is 86.7 Å². The van der Waals surface area contributed by atoms with Crippen molar-refractivity contribution in [2.24, 2.45) is 11.3 Å². The van der Waals surface area contributed by atoms with E-state index in [0.29, 0.717) is 13.1 Å². The van der Waals surface area contributed by atoms with E-state index in [1.54, 1.807) is 25.7 Å². The molecule has 1 aliphatic rings. The number of aliphatic carboxylic acids is 1. The number of likely N-dealkylation sites (tertiary alicyclic amines) is 1. The van der Waals surface area contributed by atoms with Gasteiger partial charge in [0.05, 0.1) is 13.0 Å². The zero-order valence-electron chi connectivity index (χ0n) is 11.0. The van der Waals surface area contributed by atoms with Gasteiger partial charge in [-0.1, -0.05) is 20.8 Å². The SMILES string of the molecule is CC(C)(C)C(=O)NCC(=O)N1CC(CC(=O)O)C1. The highest BCUT2D eigenvalue weighted by Crippen LogP contribution is 2.19. The molecule has 0 spiro atoms. The van der Waals surface area contributed by atoms with E-state index in [-0.39, 0.29) is 30.7 Å². The third kappa shape index (κ3) is 4.01. The molecule has 0 atom stereocenters. The summed E-state index contributed by atoms with van der Waals surface area (Å²) in [6.45, 7) is 6.25. The van der Waals surface area contributed by atoms with E-state index in [1.807, 2.05) is 0 Å². The van der Waals surface area contributed by atoms with Crippen LogP contribution in [0.1, 0.15) is 27.2 Å². The fourth-order valence-electron chi connectivity index (χ4n) is 1.68. The lowest BCUT2D eigenvalue weighted by atomic mass is 9.95. The summed E-state index contributed by atoms with van der Waals surface area (Å²) >= 11 is 0. The molecular weight excluding hydrogens is 236 g/mol. The van der Waals surface area contributed by atoms with E-state index in [4.69, 9.17) is 5.11 Å². The molecular formula is C12H20N2O4. The quantitative estimate of drug-likeness (QED) is 0.746. The van der Waals surface area contributed by atoms with Crippen LogP contribution in [0.25, 0.3) is 0 Å². The summed E-state index contributed by atoms with van der Waals surface area (Å²) in [5.74, 6) is -1.12. The maximum Gasteiger partial charge on any atom is 0.303 e. The normalized spacial score (nSPS) is 16.1. The monoisotopic (exact) mass is 256 g/mol. The van der Waals surface area contributed by atoms with Crippen LogP contribution in [0.4, 0.5) is 0 Å². The molecule has 0 aromatic carbocycles. The molecule has 2 amide bonds. The van der Waals surface area contributed by atoms with Crippen molar-refractivity contribution in [1.29, 1.82) is 0 Å². The first-order valence-corrected chi connectivity index (χ1v) is 5.98. The first kappa shape index (κ1) is 14.5. The second-order valence-electron chi connectivity index (χ2n) is 5.70. The van der Waals surface area contributed by atoms with Gasteiger partial charge in [-0.25, -0.2) is 0 Å². The van der Waals surface area contributed by atoms with Crippen LogP contribution < -0.4 is 5.32 Å². The molecule has 0 radical (unpaired) electrons. The van der Waals surface area contributed by atoms with Gasteiger partial charge >= 0.3 is 5.97 Å². The van der Waals surface area contributed by atoms with Crippen molar-refractivity contribution in [2.45, 2.75) is 27.2 Å². The maximum absolute atomic E-state index is 11.7. The number of carboxylic acids is 1. The molecule has 1 aliphatic heterocycles. The van der Waals surface area contributed by atoms with Crippen LogP contribution in [-0.4, -0.2) is 47.4 Å². The van der Waals surface area contributed by atoms with Crippen molar-refractivity contribution >= 4 is 17.8 Å². The van der Waals surface area contributed by atoms with E-state index in [2.05, 4.69) is 5.32 Å². The summed E-state index contributed by atoms with van der Waals surface area (Å²) in [5.41, 5.74) is -0.513. The number of nitrogens with zero attached hydrogens (tertiary/aromatic N) is 1. The number of carboxylic acid groups (broad SMARTS) is 1. The van der Waals surface area contributed by atoms with Crippen LogP contribution in [0.3, 0.4) is 0 Å². The zero-order valence-corrected chi connectivity index (χ0v) is 11.0. The Bertz CT molecular complexity index is 354. The second kappa shape index (κ2) is 5.37. The van der Waals surface area contributed by atoms with E-state index in [0.717, 1.165) is 0 Å². The van der Waals surface area contributed by atoms with Crippen molar-refractivity contribution < 1.29 is 19.5 Å². The third-order valence-electron chi connectivity index (χ3n) is 2.85. The van der Waals surface area contributed by atoms with Gasteiger partial charge < -0.3 is 15.3 Å². The van der Waals surface area contributed by atoms with E-state index in [9.17, 15) is 14.4 Å². The fraction of sp³-hybridized carbons (Fsp3) is 0.750. The van der Waals surface area contributed by atoms with Gasteiger partial charge in [-0.3, -0.25) is 14.4 Å². The molecule has 18 heavy (non-hydrogen) atoms. The Morgan fingerprint density at radius 1 is 1.28 bits per heavy atom. The second-order valence-corrected chi connectivity index (χ2v) is 5.70. The molecule has 0 unspecified atom stereocenters. The predicted molar refractivity (Wildman–Crippen MR) is 64.8 cm³/mol. The lowest BCUT2D eigenvalue weighted by molar-refractivity contribution is -0.145. The highest BCUT2D eigenvalue weighted by Gasteiger charge is 2.32. The van der Waals surface area contributed by atoms with Crippen LogP contribution >= 0.6 is 0 Å². The lowest BCUT2D eigenvalue weighted by Gasteiger charge is -2.38. The van der Waals surface area contributed by atoms with Crippen LogP contribution in [0, 0.1) is 11.3 Å². The molecule has 6 nitrogen and oxygen atoms in total. The Labute approximate surface area is 106 Å². The maximum atomic E-state index is 11.7. The molecule has 1 heterocycles. The molecule has 0 aromatic heterocycles. The fourth-order valence-corrected chi connectivity index (χ4v) is 1.68.